The Hall–Kier alpha value is -0.820. The number of halogens is 3. The molecule has 0 bridgehead atoms. The summed E-state index contributed by atoms with van der Waals surface area (Å²) in [6, 6.07) is 0. The molecule has 0 radical (unpaired) electrons. The quantitative estimate of drug-likeness (QED) is 0.812. The lowest BCUT2D eigenvalue weighted by Gasteiger charge is -2.23. The Morgan fingerprint density at radius 3 is 2.59 bits per heavy atom. The van der Waals surface area contributed by atoms with Gasteiger partial charge < -0.3 is 5.11 Å². The number of carboxylic acid groups (broad SMARTS) is 1. The van der Waals surface area contributed by atoms with Crippen LogP contribution in [0.5, 0.6) is 0 Å². The number of ether oxygens (including phenoxy) is 1. The number of rotatable bonds is 5. The Morgan fingerprint density at radius 2 is 2.18 bits per heavy atom. The van der Waals surface area contributed by atoms with E-state index in [1.165, 1.54) is 0 Å². The summed E-state index contributed by atoms with van der Waals surface area (Å²) in [5.74, 6) is -0.876. The Bertz CT molecular complexity index is 282. The molecule has 17 heavy (non-hydrogen) atoms. The average molecular weight is 255 g/mol. The highest BCUT2D eigenvalue weighted by molar-refractivity contribution is 5.75. The Labute approximate surface area is 97.3 Å². The van der Waals surface area contributed by atoms with Gasteiger partial charge in [-0.25, -0.2) is 0 Å². The predicted octanol–water partition coefficient (Wildman–Crippen LogP) is 1.71. The third kappa shape index (κ3) is 3.85. The maximum atomic E-state index is 11.7. The fourth-order valence-electron chi connectivity index (χ4n) is 2.05. The second-order valence-corrected chi connectivity index (χ2v) is 4.26. The van der Waals surface area contributed by atoms with Gasteiger partial charge in [0.15, 0.2) is 0 Å². The van der Waals surface area contributed by atoms with E-state index in [1.807, 2.05) is 0 Å². The fourth-order valence-corrected chi connectivity index (χ4v) is 2.05. The molecule has 1 unspecified atom stereocenters. The summed E-state index contributed by atoms with van der Waals surface area (Å²) in [7, 11) is 0. The van der Waals surface area contributed by atoms with Crippen molar-refractivity contribution >= 4 is 5.97 Å². The number of likely N-dealkylation sites (tertiary alicyclic amines) is 1. The van der Waals surface area contributed by atoms with Crippen LogP contribution >= 0.6 is 0 Å². The first-order valence-electron chi connectivity index (χ1n) is 5.45. The first-order valence-corrected chi connectivity index (χ1v) is 5.45. The standard InChI is InChI=1S/C10H16F3NO3/c1-2-9(8(15)16)3-4-14(7-9)5-6-17-10(11,12)13/h2-7H2,1H3,(H,15,16). The molecule has 1 rings (SSSR count). The molecule has 0 amide bonds. The van der Waals surface area contributed by atoms with Gasteiger partial charge in [0.25, 0.3) is 0 Å². The van der Waals surface area contributed by atoms with Crippen molar-refractivity contribution in [2.24, 2.45) is 5.41 Å². The number of hydrogen-bond donors (Lipinski definition) is 1. The Morgan fingerprint density at radius 1 is 1.53 bits per heavy atom. The van der Waals surface area contributed by atoms with Gasteiger partial charge in [-0.15, -0.1) is 13.2 Å². The van der Waals surface area contributed by atoms with E-state index in [0.29, 0.717) is 25.9 Å². The highest BCUT2D eigenvalue weighted by atomic mass is 19.4. The van der Waals surface area contributed by atoms with Crippen molar-refractivity contribution in [2.45, 2.75) is 26.1 Å². The van der Waals surface area contributed by atoms with Crippen molar-refractivity contribution in [2.75, 3.05) is 26.2 Å². The van der Waals surface area contributed by atoms with E-state index in [0.717, 1.165) is 0 Å². The SMILES string of the molecule is CCC1(C(=O)O)CCN(CCOC(F)(F)F)C1. The van der Waals surface area contributed by atoms with E-state index in [1.54, 1.807) is 11.8 Å². The van der Waals surface area contributed by atoms with Crippen molar-refractivity contribution < 1.29 is 27.8 Å². The van der Waals surface area contributed by atoms with Crippen molar-refractivity contribution in [3.63, 3.8) is 0 Å². The molecule has 1 aliphatic heterocycles. The summed E-state index contributed by atoms with van der Waals surface area (Å²) in [5.41, 5.74) is -0.807. The van der Waals surface area contributed by atoms with Crippen molar-refractivity contribution in [1.82, 2.24) is 4.90 Å². The van der Waals surface area contributed by atoms with Gasteiger partial charge in [-0.3, -0.25) is 14.4 Å². The Balaban J connectivity index is 2.38. The van der Waals surface area contributed by atoms with E-state index in [-0.39, 0.29) is 6.54 Å². The monoisotopic (exact) mass is 255 g/mol. The lowest BCUT2D eigenvalue weighted by atomic mass is 9.84. The summed E-state index contributed by atoms with van der Waals surface area (Å²) in [6.45, 7) is 2.22. The first-order chi connectivity index (χ1) is 7.79. The van der Waals surface area contributed by atoms with Crippen LogP contribution in [0.4, 0.5) is 13.2 Å². The predicted molar refractivity (Wildman–Crippen MR) is 53.4 cm³/mol. The number of aliphatic carboxylic acids is 1. The highest BCUT2D eigenvalue weighted by Crippen LogP contribution is 2.34. The molecule has 0 aliphatic carbocycles. The van der Waals surface area contributed by atoms with Gasteiger partial charge in [-0.1, -0.05) is 6.92 Å². The summed E-state index contributed by atoms with van der Waals surface area (Å²) in [6.07, 6.45) is -3.65. The van der Waals surface area contributed by atoms with E-state index in [9.17, 15) is 18.0 Å². The molecule has 1 N–H and O–H groups in total. The van der Waals surface area contributed by atoms with Gasteiger partial charge in [-0.05, 0) is 19.4 Å². The van der Waals surface area contributed by atoms with E-state index < -0.39 is 24.4 Å². The van der Waals surface area contributed by atoms with Crippen LogP contribution in [0.1, 0.15) is 19.8 Å². The summed E-state index contributed by atoms with van der Waals surface area (Å²) >= 11 is 0. The number of hydrogen-bond acceptors (Lipinski definition) is 3. The van der Waals surface area contributed by atoms with E-state index in [2.05, 4.69) is 4.74 Å². The molecule has 1 fully saturated rings. The molecule has 1 heterocycles. The molecule has 0 spiro atoms. The molecule has 0 aromatic carbocycles. The van der Waals surface area contributed by atoms with Gasteiger partial charge in [0.05, 0.1) is 12.0 Å². The average Bonchev–Trinajstić information content (AvgIpc) is 2.61. The summed E-state index contributed by atoms with van der Waals surface area (Å²) in [5, 5.41) is 9.10. The van der Waals surface area contributed by atoms with Gasteiger partial charge in [0, 0.05) is 13.1 Å². The van der Waals surface area contributed by atoms with Crippen LogP contribution in [0.2, 0.25) is 0 Å². The molecular formula is C10H16F3NO3. The molecule has 0 aromatic heterocycles. The second-order valence-electron chi connectivity index (χ2n) is 4.26. The molecule has 1 atom stereocenters. The molecule has 0 saturated carbocycles. The van der Waals surface area contributed by atoms with Gasteiger partial charge in [0.2, 0.25) is 0 Å². The van der Waals surface area contributed by atoms with Crippen LogP contribution in [0, 0.1) is 5.41 Å². The molecule has 0 aromatic rings. The zero-order chi connectivity index (χ0) is 13.1. The zero-order valence-electron chi connectivity index (χ0n) is 9.59. The van der Waals surface area contributed by atoms with Crippen molar-refractivity contribution in [3.8, 4) is 0 Å². The van der Waals surface area contributed by atoms with Gasteiger partial charge in [0.1, 0.15) is 0 Å². The largest absolute Gasteiger partial charge is 0.522 e. The van der Waals surface area contributed by atoms with Crippen LogP contribution in [0.15, 0.2) is 0 Å². The minimum absolute atomic E-state index is 0.106. The minimum Gasteiger partial charge on any atom is -0.481 e. The number of nitrogens with zero attached hydrogens (tertiary/aromatic N) is 1. The lowest BCUT2D eigenvalue weighted by molar-refractivity contribution is -0.324. The summed E-state index contributed by atoms with van der Waals surface area (Å²) in [4.78, 5) is 12.8. The van der Waals surface area contributed by atoms with Crippen LogP contribution in [0.3, 0.4) is 0 Å². The normalized spacial score (nSPS) is 26.4. The number of carboxylic acids is 1. The molecular weight excluding hydrogens is 239 g/mol. The second kappa shape index (κ2) is 5.22. The van der Waals surface area contributed by atoms with Crippen molar-refractivity contribution in [1.29, 1.82) is 0 Å². The zero-order valence-corrected chi connectivity index (χ0v) is 9.59. The molecule has 1 aliphatic rings. The van der Waals surface area contributed by atoms with Gasteiger partial charge >= 0.3 is 12.3 Å². The fraction of sp³-hybridized carbons (Fsp3) is 0.900. The van der Waals surface area contributed by atoms with Crippen LogP contribution in [0.25, 0.3) is 0 Å². The van der Waals surface area contributed by atoms with Crippen LogP contribution in [-0.2, 0) is 9.53 Å². The highest BCUT2D eigenvalue weighted by Gasteiger charge is 2.43. The third-order valence-corrected chi connectivity index (χ3v) is 3.24. The van der Waals surface area contributed by atoms with Crippen LogP contribution < -0.4 is 0 Å². The lowest BCUT2D eigenvalue weighted by Crippen LogP contribution is -2.35. The number of carbonyl (C=O) groups is 1. The first kappa shape index (κ1) is 14.2. The molecule has 1 saturated heterocycles. The number of alkyl halides is 3. The third-order valence-electron chi connectivity index (χ3n) is 3.24. The van der Waals surface area contributed by atoms with Crippen molar-refractivity contribution in [3.05, 3.63) is 0 Å². The minimum atomic E-state index is -4.62. The maximum absolute atomic E-state index is 11.7. The summed E-state index contributed by atoms with van der Waals surface area (Å²) < 4.78 is 38.9. The molecule has 100 valence electrons. The maximum Gasteiger partial charge on any atom is 0.522 e. The molecule has 4 nitrogen and oxygen atoms in total. The van der Waals surface area contributed by atoms with Crippen LogP contribution in [-0.4, -0.2) is 48.6 Å². The van der Waals surface area contributed by atoms with E-state index in [4.69, 9.17) is 5.11 Å². The topological polar surface area (TPSA) is 49.8 Å². The smallest absolute Gasteiger partial charge is 0.481 e. The van der Waals surface area contributed by atoms with E-state index >= 15 is 0 Å². The van der Waals surface area contributed by atoms with Gasteiger partial charge in [-0.2, -0.15) is 0 Å². The molecule has 7 heteroatoms. The Kier molecular flexibility index (Phi) is 4.37.